The maximum atomic E-state index is 12.3. The van der Waals surface area contributed by atoms with Crippen LogP contribution in [0.4, 0.5) is 4.79 Å². The monoisotopic (exact) mass is 368 g/mol. The van der Waals surface area contributed by atoms with Crippen LogP contribution in [0.5, 0.6) is 0 Å². The number of rotatable bonds is 6. The largest absolute Gasteiger partial charge is 0.449 e. The fraction of sp³-hybridized carbons (Fsp3) is 0.200. The van der Waals surface area contributed by atoms with Crippen LogP contribution in [0.25, 0.3) is 0 Å². The molecule has 0 aromatic heterocycles. The first-order valence-electron chi connectivity index (χ1n) is 8.42. The van der Waals surface area contributed by atoms with Gasteiger partial charge in [-0.05, 0) is 26.0 Å². The Morgan fingerprint density at radius 1 is 0.889 bits per heavy atom. The summed E-state index contributed by atoms with van der Waals surface area (Å²) in [6.07, 6.45) is -1.15. The predicted molar refractivity (Wildman–Crippen MR) is 98.4 cm³/mol. The van der Waals surface area contributed by atoms with E-state index < -0.39 is 24.0 Å². The molecule has 140 valence electrons. The normalized spacial score (nSPS) is 11.2. The number of hydrogen-bond acceptors (Lipinski definition) is 5. The van der Waals surface area contributed by atoms with Crippen LogP contribution in [-0.4, -0.2) is 36.3 Å². The first-order valence-corrected chi connectivity index (χ1v) is 8.42. The minimum absolute atomic E-state index is 0.162. The second-order valence-corrected chi connectivity index (χ2v) is 5.67. The minimum atomic E-state index is -1.15. The molecule has 27 heavy (non-hydrogen) atoms. The molecule has 0 spiro atoms. The molecule has 0 saturated carbocycles. The van der Waals surface area contributed by atoms with Crippen LogP contribution in [0.15, 0.2) is 54.6 Å². The molecule has 2 aromatic carbocycles. The van der Waals surface area contributed by atoms with E-state index in [4.69, 9.17) is 4.74 Å². The summed E-state index contributed by atoms with van der Waals surface area (Å²) in [5.74, 6) is -1.62. The smallest absolute Gasteiger partial charge is 0.338 e. The Balaban J connectivity index is 1.98. The van der Waals surface area contributed by atoms with Gasteiger partial charge in [0, 0.05) is 17.7 Å². The highest BCUT2D eigenvalue weighted by Crippen LogP contribution is 2.12. The molecule has 0 saturated heterocycles. The van der Waals surface area contributed by atoms with Crippen molar-refractivity contribution in [3.8, 4) is 0 Å². The standard InChI is InChI=1S/C20H20N2O5/c1-3-21-20(26)22-18(24)13(2)27-19(25)16-11-9-15(10-12-16)17(23)14-7-5-4-6-8-14/h4-13H,3H2,1-2H3,(H2,21,22,24,26)/t13-/m0/s1. The number of nitrogens with one attached hydrogen (secondary N) is 2. The highest BCUT2D eigenvalue weighted by molar-refractivity contribution is 6.09. The first kappa shape index (κ1) is 19.8. The molecule has 0 fully saturated rings. The van der Waals surface area contributed by atoms with E-state index in [1.807, 2.05) is 6.07 Å². The molecule has 0 aliphatic rings. The van der Waals surface area contributed by atoms with Gasteiger partial charge in [0.1, 0.15) is 0 Å². The van der Waals surface area contributed by atoms with Gasteiger partial charge in [-0.25, -0.2) is 9.59 Å². The molecule has 0 radical (unpaired) electrons. The zero-order chi connectivity index (χ0) is 19.8. The molecular formula is C20H20N2O5. The SMILES string of the molecule is CCNC(=O)NC(=O)[C@H](C)OC(=O)c1ccc(C(=O)c2ccccc2)cc1. The molecule has 1 atom stereocenters. The van der Waals surface area contributed by atoms with Crippen LogP contribution in [0.3, 0.4) is 0 Å². The molecule has 0 heterocycles. The van der Waals surface area contributed by atoms with Gasteiger partial charge in [-0.1, -0.05) is 42.5 Å². The lowest BCUT2D eigenvalue weighted by Crippen LogP contribution is -2.44. The Labute approximate surface area is 156 Å². The zero-order valence-corrected chi connectivity index (χ0v) is 15.0. The number of carbonyl (C=O) groups is 4. The van der Waals surface area contributed by atoms with E-state index in [1.165, 1.54) is 31.2 Å². The Bertz CT molecular complexity index is 831. The van der Waals surface area contributed by atoms with Gasteiger partial charge in [-0.2, -0.15) is 0 Å². The third-order valence-corrected chi connectivity index (χ3v) is 3.65. The van der Waals surface area contributed by atoms with E-state index >= 15 is 0 Å². The van der Waals surface area contributed by atoms with Gasteiger partial charge >= 0.3 is 12.0 Å². The summed E-state index contributed by atoms with van der Waals surface area (Å²) in [7, 11) is 0. The van der Waals surface area contributed by atoms with Gasteiger partial charge in [0.05, 0.1) is 5.56 Å². The van der Waals surface area contributed by atoms with Crippen molar-refractivity contribution in [2.24, 2.45) is 0 Å². The number of urea groups is 1. The van der Waals surface area contributed by atoms with Gasteiger partial charge in [0.15, 0.2) is 11.9 Å². The van der Waals surface area contributed by atoms with Crippen molar-refractivity contribution < 1.29 is 23.9 Å². The molecule has 0 aliphatic heterocycles. The summed E-state index contributed by atoms with van der Waals surface area (Å²) in [4.78, 5) is 47.6. The van der Waals surface area contributed by atoms with Gasteiger partial charge in [-0.15, -0.1) is 0 Å². The highest BCUT2D eigenvalue weighted by atomic mass is 16.5. The molecule has 0 bridgehead atoms. The van der Waals surface area contributed by atoms with Crippen molar-refractivity contribution in [2.75, 3.05) is 6.54 Å². The number of imide groups is 1. The maximum Gasteiger partial charge on any atom is 0.338 e. The molecule has 7 heteroatoms. The van der Waals surface area contributed by atoms with E-state index in [0.717, 1.165) is 0 Å². The van der Waals surface area contributed by atoms with Crippen LogP contribution >= 0.6 is 0 Å². The average molecular weight is 368 g/mol. The van der Waals surface area contributed by atoms with Crippen LogP contribution in [0.2, 0.25) is 0 Å². The fourth-order valence-corrected chi connectivity index (χ4v) is 2.21. The molecule has 0 unspecified atom stereocenters. The van der Waals surface area contributed by atoms with E-state index in [0.29, 0.717) is 17.7 Å². The lowest BCUT2D eigenvalue weighted by atomic mass is 10.0. The zero-order valence-electron chi connectivity index (χ0n) is 15.0. The predicted octanol–water partition coefficient (Wildman–Crippen LogP) is 2.31. The third kappa shape index (κ3) is 5.50. The summed E-state index contributed by atoms with van der Waals surface area (Å²) in [6, 6.07) is 14.1. The number of esters is 1. The molecule has 2 N–H and O–H groups in total. The van der Waals surface area contributed by atoms with Crippen molar-refractivity contribution in [1.29, 1.82) is 0 Å². The van der Waals surface area contributed by atoms with Crippen molar-refractivity contribution in [2.45, 2.75) is 20.0 Å². The lowest BCUT2D eigenvalue weighted by Gasteiger charge is -2.13. The van der Waals surface area contributed by atoms with Crippen LogP contribution < -0.4 is 10.6 Å². The average Bonchev–Trinajstić information content (AvgIpc) is 2.68. The van der Waals surface area contributed by atoms with Crippen molar-refractivity contribution >= 4 is 23.7 Å². The lowest BCUT2D eigenvalue weighted by molar-refractivity contribution is -0.127. The Morgan fingerprint density at radius 2 is 1.44 bits per heavy atom. The van der Waals surface area contributed by atoms with Gasteiger partial charge in [-0.3, -0.25) is 14.9 Å². The topological polar surface area (TPSA) is 102 Å². The summed E-state index contributed by atoms with van der Waals surface area (Å²) < 4.78 is 5.05. The summed E-state index contributed by atoms with van der Waals surface area (Å²) >= 11 is 0. The minimum Gasteiger partial charge on any atom is -0.449 e. The highest BCUT2D eigenvalue weighted by Gasteiger charge is 2.21. The Morgan fingerprint density at radius 3 is 2.04 bits per heavy atom. The first-order chi connectivity index (χ1) is 12.9. The van der Waals surface area contributed by atoms with Crippen LogP contribution in [-0.2, 0) is 9.53 Å². The number of hydrogen-bond donors (Lipinski definition) is 2. The second kappa shape index (κ2) is 9.28. The Hall–Kier alpha value is -3.48. The van der Waals surface area contributed by atoms with E-state index in [-0.39, 0.29) is 11.3 Å². The molecule has 2 rings (SSSR count). The van der Waals surface area contributed by atoms with Crippen molar-refractivity contribution in [1.82, 2.24) is 10.6 Å². The quantitative estimate of drug-likeness (QED) is 0.602. The molecular weight excluding hydrogens is 348 g/mol. The number of carbonyl (C=O) groups excluding carboxylic acids is 4. The molecule has 7 nitrogen and oxygen atoms in total. The maximum absolute atomic E-state index is 12.3. The van der Waals surface area contributed by atoms with Gasteiger partial charge in [0.2, 0.25) is 0 Å². The number of amides is 3. The van der Waals surface area contributed by atoms with Gasteiger partial charge < -0.3 is 10.1 Å². The third-order valence-electron chi connectivity index (χ3n) is 3.65. The molecule has 0 aliphatic carbocycles. The van der Waals surface area contributed by atoms with E-state index in [1.54, 1.807) is 31.2 Å². The summed E-state index contributed by atoms with van der Waals surface area (Å²) in [5, 5.41) is 4.47. The number of ketones is 1. The van der Waals surface area contributed by atoms with E-state index in [2.05, 4.69) is 10.6 Å². The molecule has 3 amide bonds. The van der Waals surface area contributed by atoms with Crippen molar-refractivity contribution in [3.05, 3.63) is 71.3 Å². The number of benzene rings is 2. The van der Waals surface area contributed by atoms with Gasteiger partial charge in [0.25, 0.3) is 5.91 Å². The van der Waals surface area contributed by atoms with E-state index in [9.17, 15) is 19.2 Å². The summed E-state index contributed by atoms with van der Waals surface area (Å²) in [5.41, 5.74) is 1.17. The molecule has 2 aromatic rings. The fourth-order valence-electron chi connectivity index (χ4n) is 2.21. The van der Waals surface area contributed by atoms with Crippen molar-refractivity contribution in [3.63, 3.8) is 0 Å². The second-order valence-electron chi connectivity index (χ2n) is 5.67. The van der Waals surface area contributed by atoms with Crippen LogP contribution in [0, 0.1) is 0 Å². The van der Waals surface area contributed by atoms with Crippen LogP contribution in [0.1, 0.15) is 40.1 Å². The number of ether oxygens (including phenoxy) is 1. The summed E-state index contributed by atoms with van der Waals surface area (Å²) in [6.45, 7) is 3.43. The Kier molecular flexibility index (Phi) is 6.82.